The fraction of sp³-hybridized carbons (Fsp3) is 0.300. The summed E-state index contributed by atoms with van der Waals surface area (Å²) in [6, 6.07) is 8.21. The molecule has 0 aliphatic rings. The number of halogens is 4. The van der Waals surface area contributed by atoms with Gasteiger partial charge in [0.15, 0.2) is 0 Å². The van der Waals surface area contributed by atoms with Crippen molar-refractivity contribution in [3.8, 4) is 0 Å². The molecule has 2 rings (SSSR count). The van der Waals surface area contributed by atoms with Crippen molar-refractivity contribution in [2.24, 2.45) is 0 Å². The van der Waals surface area contributed by atoms with Gasteiger partial charge in [-0.3, -0.25) is 15.0 Å². The Labute approximate surface area is 180 Å². The molecule has 0 spiro atoms. The molecule has 0 radical (unpaired) electrons. The molecule has 0 aliphatic heterocycles. The highest BCUT2D eigenvalue weighted by Crippen LogP contribution is 2.37. The lowest BCUT2D eigenvalue weighted by Crippen LogP contribution is -2.41. The van der Waals surface area contributed by atoms with Crippen LogP contribution in [0.4, 0.5) is 29.3 Å². The normalized spacial score (nSPS) is 11.8. The minimum atomic E-state index is -5.06. The van der Waals surface area contributed by atoms with Gasteiger partial charge in [0.2, 0.25) is 0 Å². The number of hydrogen-bond donors (Lipinski definition) is 1. The lowest BCUT2D eigenvalue weighted by atomic mass is 10.1. The van der Waals surface area contributed by atoms with Crippen LogP contribution in [0, 0.1) is 3.57 Å². The SMILES string of the molecule is C=CCN(C(=O)C(F)(F)F)c1cc(NC(=O)OC(C)(C)C)c2ccccc2c1I. The van der Waals surface area contributed by atoms with Gasteiger partial charge < -0.3 is 4.74 Å². The monoisotopic (exact) mass is 520 g/mol. The zero-order chi connectivity index (χ0) is 22.0. The molecule has 5 nitrogen and oxygen atoms in total. The van der Waals surface area contributed by atoms with Gasteiger partial charge >= 0.3 is 18.2 Å². The highest BCUT2D eigenvalue weighted by molar-refractivity contribution is 14.1. The third kappa shape index (κ3) is 5.62. The highest BCUT2D eigenvalue weighted by Gasteiger charge is 2.43. The highest BCUT2D eigenvalue weighted by atomic mass is 127. The average Bonchev–Trinajstić information content (AvgIpc) is 2.59. The number of carbonyl (C=O) groups is 2. The van der Waals surface area contributed by atoms with E-state index in [1.54, 1.807) is 45.0 Å². The summed E-state index contributed by atoms with van der Waals surface area (Å²) in [6.07, 6.45) is -4.61. The van der Waals surface area contributed by atoms with Crippen LogP contribution in [0.5, 0.6) is 0 Å². The van der Waals surface area contributed by atoms with Crippen LogP contribution in [0.2, 0.25) is 0 Å². The molecule has 2 amide bonds. The summed E-state index contributed by atoms with van der Waals surface area (Å²) in [5.74, 6) is -2.02. The molecule has 0 fully saturated rings. The number of hydrogen-bond acceptors (Lipinski definition) is 3. The topological polar surface area (TPSA) is 58.6 Å². The Hall–Kier alpha value is -2.30. The summed E-state index contributed by atoms with van der Waals surface area (Å²) in [5, 5.41) is 3.76. The summed E-state index contributed by atoms with van der Waals surface area (Å²) in [5.41, 5.74) is -0.514. The van der Waals surface area contributed by atoms with Crippen molar-refractivity contribution in [1.29, 1.82) is 0 Å². The summed E-state index contributed by atoms with van der Waals surface area (Å²) in [4.78, 5) is 24.8. The van der Waals surface area contributed by atoms with E-state index < -0.39 is 23.8 Å². The third-order valence-corrected chi connectivity index (χ3v) is 4.82. The number of ether oxygens (including phenoxy) is 1. The van der Waals surface area contributed by atoms with Gasteiger partial charge in [0.05, 0.1) is 11.4 Å². The molecule has 2 aromatic rings. The molecule has 1 N–H and O–H groups in total. The van der Waals surface area contributed by atoms with Crippen molar-refractivity contribution in [3.63, 3.8) is 0 Å². The van der Waals surface area contributed by atoms with Crippen molar-refractivity contribution < 1.29 is 27.5 Å². The number of anilines is 2. The van der Waals surface area contributed by atoms with Gasteiger partial charge in [-0.1, -0.05) is 30.3 Å². The van der Waals surface area contributed by atoms with Gasteiger partial charge in [-0.15, -0.1) is 6.58 Å². The molecule has 0 heterocycles. The molecule has 0 unspecified atom stereocenters. The van der Waals surface area contributed by atoms with E-state index in [4.69, 9.17) is 4.74 Å². The minimum absolute atomic E-state index is 0.0117. The first-order valence-corrected chi connectivity index (χ1v) is 9.64. The minimum Gasteiger partial charge on any atom is -0.444 e. The Morgan fingerprint density at radius 2 is 1.79 bits per heavy atom. The fourth-order valence-corrected chi connectivity index (χ4v) is 3.53. The zero-order valence-corrected chi connectivity index (χ0v) is 18.2. The Balaban J connectivity index is 2.64. The Bertz CT molecular complexity index is 952. The van der Waals surface area contributed by atoms with Crippen molar-refractivity contribution in [2.75, 3.05) is 16.8 Å². The molecule has 0 saturated heterocycles. The van der Waals surface area contributed by atoms with Gasteiger partial charge in [0.25, 0.3) is 0 Å². The van der Waals surface area contributed by atoms with E-state index in [0.29, 0.717) is 19.2 Å². The van der Waals surface area contributed by atoms with E-state index in [-0.39, 0.29) is 17.9 Å². The molecule has 0 aromatic heterocycles. The average molecular weight is 520 g/mol. The largest absolute Gasteiger partial charge is 0.471 e. The number of rotatable bonds is 4. The summed E-state index contributed by atoms with van der Waals surface area (Å²) in [6.45, 7) is 8.17. The Kier molecular flexibility index (Phi) is 6.82. The van der Waals surface area contributed by atoms with E-state index in [0.717, 1.165) is 0 Å². The van der Waals surface area contributed by atoms with Crippen molar-refractivity contribution in [1.82, 2.24) is 0 Å². The maximum absolute atomic E-state index is 13.1. The summed E-state index contributed by atoms with van der Waals surface area (Å²) in [7, 11) is 0. The first kappa shape index (κ1) is 23.0. The lowest BCUT2D eigenvalue weighted by molar-refractivity contribution is -0.170. The predicted octanol–water partition coefficient (Wildman–Crippen LogP) is 5.87. The van der Waals surface area contributed by atoms with E-state index in [9.17, 15) is 22.8 Å². The van der Waals surface area contributed by atoms with E-state index in [1.165, 1.54) is 12.1 Å². The summed E-state index contributed by atoms with van der Waals surface area (Å²) < 4.78 is 45.1. The van der Waals surface area contributed by atoms with Gasteiger partial charge in [0.1, 0.15) is 5.60 Å². The van der Waals surface area contributed by atoms with Crippen LogP contribution < -0.4 is 10.2 Å². The number of fused-ring (bicyclic) bond motifs is 1. The van der Waals surface area contributed by atoms with Crippen molar-refractivity contribution in [3.05, 3.63) is 46.6 Å². The van der Waals surface area contributed by atoms with Crippen LogP contribution >= 0.6 is 22.6 Å². The van der Waals surface area contributed by atoms with Crippen LogP contribution in [0.3, 0.4) is 0 Å². The number of alkyl halides is 3. The first-order chi connectivity index (χ1) is 13.3. The van der Waals surface area contributed by atoms with Crippen LogP contribution in [-0.2, 0) is 9.53 Å². The van der Waals surface area contributed by atoms with Crippen molar-refractivity contribution in [2.45, 2.75) is 32.5 Å². The first-order valence-electron chi connectivity index (χ1n) is 8.56. The number of carbonyl (C=O) groups excluding carboxylic acids is 2. The molecule has 9 heteroatoms. The number of nitrogens with one attached hydrogen (secondary N) is 1. The Morgan fingerprint density at radius 3 is 2.31 bits per heavy atom. The smallest absolute Gasteiger partial charge is 0.444 e. The molecule has 29 heavy (non-hydrogen) atoms. The molecule has 0 atom stereocenters. The number of nitrogens with zero attached hydrogens (tertiary/aromatic N) is 1. The van der Waals surface area contributed by atoms with E-state index >= 15 is 0 Å². The van der Waals surface area contributed by atoms with Crippen LogP contribution in [0.15, 0.2) is 43.0 Å². The fourth-order valence-electron chi connectivity index (χ4n) is 2.61. The molecule has 0 bridgehead atoms. The van der Waals surface area contributed by atoms with E-state index in [1.807, 2.05) is 22.6 Å². The molecular weight excluding hydrogens is 500 g/mol. The maximum atomic E-state index is 13.1. The molecular formula is C20H20F3IN2O3. The predicted molar refractivity (Wildman–Crippen MR) is 115 cm³/mol. The molecule has 0 saturated carbocycles. The second-order valence-corrected chi connectivity index (χ2v) is 8.21. The van der Waals surface area contributed by atoms with Crippen LogP contribution in [0.25, 0.3) is 10.8 Å². The van der Waals surface area contributed by atoms with Gasteiger partial charge in [-0.2, -0.15) is 13.2 Å². The van der Waals surface area contributed by atoms with Gasteiger partial charge in [0, 0.05) is 15.5 Å². The second kappa shape index (κ2) is 8.60. The van der Waals surface area contributed by atoms with E-state index in [2.05, 4.69) is 11.9 Å². The second-order valence-electron chi connectivity index (χ2n) is 7.13. The lowest BCUT2D eigenvalue weighted by Gasteiger charge is -2.26. The molecule has 0 aliphatic carbocycles. The third-order valence-electron chi connectivity index (χ3n) is 3.69. The van der Waals surface area contributed by atoms with Gasteiger partial charge in [-0.25, -0.2) is 4.79 Å². The quantitative estimate of drug-likeness (QED) is 0.405. The molecule has 2 aromatic carbocycles. The zero-order valence-electron chi connectivity index (χ0n) is 16.1. The Morgan fingerprint density at radius 1 is 1.21 bits per heavy atom. The van der Waals surface area contributed by atoms with Gasteiger partial charge in [-0.05, 0) is 54.8 Å². The van der Waals surface area contributed by atoms with Crippen LogP contribution in [0.1, 0.15) is 20.8 Å². The van der Waals surface area contributed by atoms with Crippen molar-refractivity contribution >= 4 is 56.7 Å². The number of amides is 2. The standard InChI is InChI=1S/C20H20F3IN2O3/c1-5-10-26(17(27)20(21,22)23)15-11-14(25-18(28)29-19(2,3)4)12-8-6-7-9-13(12)16(15)24/h5-9,11H,1,10H2,2-4H3,(H,25,28). The summed E-state index contributed by atoms with van der Waals surface area (Å²) >= 11 is 1.89. The number of benzene rings is 2. The molecule has 156 valence electrons. The van der Waals surface area contributed by atoms with Crippen LogP contribution in [-0.4, -0.2) is 30.3 Å². The maximum Gasteiger partial charge on any atom is 0.471 e.